The Labute approximate surface area is 251 Å². The lowest BCUT2D eigenvalue weighted by Gasteiger charge is -2.39. The molecule has 2 aromatic heterocycles. The number of aliphatic imine (C=N–C) groups is 2. The first-order valence-corrected chi connectivity index (χ1v) is 15.8. The summed E-state index contributed by atoms with van der Waals surface area (Å²) in [5.41, 5.74) is 1.38. The van der Waals surface area contributed by atoms with Crippen molar-refractivity contribution in [3.8, 4) is 11.3 Å². The van der Waals surface area contributed by atoms with E-state index in [0.29, 0.717) is 36.0 Å². The second-order valence-electron chi connectivity index (χ2n) is 12.3. The lowest BCUT2D eigenvalue weighted by atomic mass is 9.95. The topological polar surface area (TPSA) is 90.3 Å². The van der Waals surface area contributed by atoms with Crippen molar-refractivity contribution in [2.75, 3.05) is 38.1 Å². The first kappa shape index (κ1) is 27.4. The fourth-order valence-electron chi connectivity index (χ4n) is 7.92. The summed E-state index contributed by atoms with van der Waals surface area (Å²) in [5, 5.41) is 7.13. The van der Waals surface area contributed by atoms with Crippen LogP contribution in [0.25, 0.3) is 21.5 Å². The molecule has 8 rings (SSSR count). The van der Waals surface area contributed by atoms with E-state index in [1.165, 1.54) is 0 Å². The Hall–Kier alpha value is -3.13. The molecule has 3 aromatic rings. The number of thiazole rings is 1. The monoisotopic (exact) mass is 610 g/mol. The third kappa shape index (κ3) is 4.46. The van der Waals surface area contributed by atoms with E-state index < -0.39 is 24.5 Å². The molecule has 13 heteroatoms. The van der Waals surface area contributed by atoms with Crippen molar-refractivity contribution in [1.82, 2.24) is 25.1 Å². The number of rotatable bonds is 6. The number of anilines is 1. The number of nitrogens with zero attached hydrogens (tertiary/aromatic N) is 6. The molecule has 0 aliphatic carbocycles. The van der Waals surface area contributed by atoms with Crippen molar-refractivity contribution in [2.24, 2.45) is 9.98 Å². The molecule has 0 saturated carbocycles. The molecule has 1 aromatic carbocycles. The standard InChI is InChI=1S/C30H33F3N8OS/c1-34-29-38-25-22(20(32)10-21(33)26(25)43-29)24-18(11-31)23-19(12-35-24)27(40-13-16-4-5-17(14-40)36-16)39-28(37-23)42-15-30-6-2-8-41(30)9-3-7-30/h10,12,16-17,27,36H,1-9,11,13-15H2,(H,37,39). The second-order valence-corrected chi connectivity index (χ2v) is 13.3. The lowest BCUT2D eigenvalue weighted by Crippen LogP contribution is -2.52. The number of hydrogen-bond donors (Lipinski definition) is 2. The number of likely N-dealkylation sites (tertiary alicyclic amines) is 1. The summed E-state index contributed by atoms with van der Waals surface area (Å²) in [7, 11) is 0. The number of piperazine rings is 1. The van der Waals surface area contributed by atoms with E-state index in [-0.39, 0.29) is 37.7 Å². The van der Waals surface area contributed by atoms with Gasteiger partial charge >= 0.3 is 0 Å². The highest BCUT2D eigenvalue weighted by molar-refractivity contribution is 7.22. The summed E-state index contributed by atoms with van der Waals surface area (Å²) < 4.78 is 52.0. The Bertz CT molecular complexity index is 1620. The van der Waals surface area contributed by atoms with Crippen LogP contribution in [-0.4, -0.2) is 82.9 Å². The predicted octanol–water partition coefficient (Wildman–Crippen LogP) is 5.30. The first-order chi connectivity index (χ1) is 21.0. The highest BCUT2D eigenvalue weighted by Crippen LogP contribution is 2.45. The average Bonchev–Trinajstić information content (AvgIpc) is 3.78. The van der Waals surface area contributed by atoms with Gasteiger partial charge in [-0.25, -0.2) is 28.1 Å². The molecule has 4 fully saturated rings. The molecule has 7 heterocycles. The Morgan fingerprint density at radius 1 is 1.14 bits per heavy atom. The van der Waals surface area contributed by atoms with E-state index in [2.05, 4.69) is 42.1 Å². The molecule has 43 heavy (non-hydrogen) atoms. The fraction of sp³-hybridized carbons (Fsp3) is 0.533. The number of amidine groups is 1. The summed E-state index contributed by atoms with van der Waals surface area (Å²) in [4.78, 5) is 22.6. The Morgan fingerprint density at radius 2 is 1.91 bits per heavy atom. The molecular formula is C30H33F3N8OS. The van der Waals surface area contributed by atoms with Crippen LogP contribution >= 0.6 is 11.3 Å². The second kappa shape index (κ2) is 10.5. The van der Waals surface area contributed by atoms with Crippen molar-refractivity contribution in [1.29, 1.82) is 0 Å². The quantitative estimate of drug-likeness (QED) is 0.366. The highest BCUT2D eigenvalue weighted by Gasteiger charge is 2.46. The number of nitrogens with one attached hydrogen (secondary N) is 2. The number of aromatic nitrogens is 2. The van der Waals surface area contributed by atoms with Crippen LogP contribution in [0.5, 0.6) is 0 Å². The number of hydrogen-bond acceptors (Lipinski definition) is 10. The third-order valence-corrected chi connectivity index (χ3v) is 10.9. The van der Waals surface area contributed by atoms with Crippen molar-refractivity contribution in [3.63, 3.8) is 0 Å². The van der Waals surface area contributed by atoms with Gasteiger partial charge in [-0.2, -0.15) is 0 Å². The minimum absolute atomic E-state index is 0.00477. The molecule has 5 aliphatic rings. The Balaban J connectivity index is 1.22. The summed E-state index contributed by atoms with van der Waals surface area (Å²) >= 11 is 0.960. The summed E-state index contributed by atoms with van der Waals surface area (Å²) in [5.74, 6) is -1.63. The van der Waals surface area contributed by atoms with Crippen LogP contribution in [0.2, 0.25) is 0 Å². The van der Waals surface area contributed by atoms with Gasteiger partial charge < -0.3 is 15.4 Å². The minimum Gasteiger partial charge on any atom is -0.463 e. The van der Waals surface area contributed by atoms with Crippen LogP contribution in [-0.2, 0) is 11.4 Å². The van der Waals surface area contributed by atoms with Crippen molar-refractivity contribution in [3.05, 3.63) is 35.0 Å². The van der Waals surface area contributed by atoms with Crippen LogP contribution in [0.4, 0.5) is 24.0 Å². The number of benzene rings is 1. The lowest BCUT2D eigenvalue weighted by molar-refractivity contribution is 0.102. The number of alkyl halides is 1. The maximum absolute atomic E-state index is 15.5. The maximum Gasteiger partial charge on any atom is 0.291 e. The molecule has 9 nitrogen and oxygen atoms in total. The number of fused-ring (bicyclic) bond motifs is 5. The Morgan fingerprint density at radius 3 is 2.63 bits per heavy atom. The van der Waals surface area contributed by atoms with Gasteiger partial charge in [0.15, 0.2) is 0 Å². The van der Waals surface area contributed by atoms with Crippen LogP contribution in [0, 0.1) is 11.6 Å². The molecule has 3 atom stereocenters. The van der Waals surface area contributed by atoms with Gasteiger partial charge in [0.05, 0.1) is 32.7 Å². The molecule has 226 valence electrons. The van der Waals surface area contributed by atoms with E-state index in [0.717, 1.165) is 82.1 Å². The number of halogens is 3. The van der Waals surface area contributed by atoms with Gasteiger partial charge in [-0.05, 0) is 58.3 Å². The summed E-state index contributed by atoms with van der Waals surface area (Å²) in [6.45, 7) is 6.79. The summed E-state index contributed by atoms with van der Waals surface area (Å²) in [6, 6.07) is 1.86. The third-order valence-electron chi connectivity index (χ3n) is 9.91. The summed E-state index contributed by atoms with van der Waals surface area (Å²) in [6.07, 6.45) is 7.87. The van der Waals surface area contributed by atoms with Crippen molar-refractivity contribution >= 4 is 45.1 Å². The van der Waals surface area contributed by atoms with Crippen LogP contribution in [0.1, 0.15) is 55.8 Å². The molecule has 4 saturated heterocycles. The number of ether oxygens (including phenoxy) is 1. The van der Waals surface area contributed by atoms with E-state index >= 15 is 8.78 Å². The predicted molar refractivity (Wildman–Crippen MR) is 161 cm³/mol. The SMILES string of the molecule is C=Nc1nc2c(-c3ncc4c(c3CF)NC(OCC35CCCN3CCC5)=NC4N3CC4CCC(C3)N4)c(F)cc(F)c2s1. The maximum atomic E-state index is 15.5. The first-order valence-electron chi connectivity index (χ1n) is 15.0. The van der Waals surface area contributed by atoms with Crippen molar-refractivity contribution < 1.29 is 17.9 Å². The smallest absolute Gasteiger partial charge is 0.291 e. The van der Waals surface area contributed by atoms with Gasteiger partial charge in [0.2, 0.25) is 5.13 Å². The van der Waals surface area contributed by atoms with E-state index in [9.17, 15) is 4.39 Å². The average molecular weight is 611 g/mol. The number of pyridine rings is 1. The zero-order valence-electron chi connectivity index (χ0n) is 23.7. The van der Waals surface area contributed by atoms with E-state index in [1.807, 2.05) is 0 Å². The molecule has 2 N–H and O–H groups in total. The molecule has 2 bridgehead atoms. The van der Waals surface area contributed by atoms with Gasteiger partial charge in [-0.15, -0.1) is 0 Å². The molecule has 0 radical (unpaired) electrons. The molecule has 0 amide bonds. The molecule has 0 spiro atoms. The van der Waals surface area contributed by atoms with Gasteiger partial charge in [-0.3, -0.25) is 14.8 Å². The normalized spacial score (nSPS) is 26.3. The van der Waals surface area contributed by atoms with Crippen molar-refractivity contribution in [2.45, 2.75) is 69.0 Å². The zero-order chi connectivity index (χ0) is 29.3. The minimum atomic E-state index is -0.933. The largest absolute Gasteiger partial charge is 0.463 e. The van der Waals surface area contributed by atoms with E-state index in [1.54, 1.807) is 6.20 Å². The van der Waals surface area contributed by atoms with Gasteiger partial charge in [-0.1, -0.05) is 11.3 Å². The highest BCUT2D eigenvalue weighted by atomic mass is 32.1. The molecule has 3 unspecified atom stereocenters. The molecular weight excluding hydrogens is 577 g/mol. The fourth-order valence-corrected chi connectivity index (χ4v) is 8.70. The van der Waals surface area contributed by atoms with Gasteiger partial charge in [0.1, 0.15) is 31.1 Å². The zero-order valence-corrected chi connectivity index (χ0v) is 24.5. The van der Waals surface area contributed by atoms with Crippen LogP contribution in [0.15, 0.2) is 22.2 Å². The van der Waals surface area contributed by atoms with Gasteiger partial charge in [0.25, 0.3) is 6.02 Å². The van der Waals surface area contributed by atoms with E-state index in [4.69, 9.17) is 9.73 Å². The van der Waals surface area contributed by atoms with Crippen LogP contribution < -0.4 is 10.6 Å². The Kier molecular flexibility index (Phi) is 6.69. The molecule has 5 aliphatic heterocycles. The van der Waals surface area contributed by atoms with Crippen LogP contribution in [0.3, 0.4) is 0 Å². The van der Waals surface area contributed by atoms with Gasteiger partial charge in [0, 0.05) is 48.6 Å².